The van der Waals surface area contributed by atoms with Crippen LogP contribution in [-0.4, -0.2) is 39.8 Å². The van der Waals surface area contributed by atoms with Crippen molar-refractivity contribution in [2.45, 2.75) is 24.8 Å². The monoisotopic (exact) mass is 392 g/mol. The number of aryl methyl sites for hydroxylation is 1. The Labute approximate surface area is 169 Å². The fourth-order valence-electron chi connectivity index (χ4n) is 3.59. The maximum Gasteiger partial charge on any atom is 0.322 e. The van der Waals surface area contributed by atoms with Crippen LogP contribution in [0.25, 0.3) is 16.6 Å². The zero-order valence-electron chi connectivity index (χ0n) is 16.2. The average molecular weight is 393 g/mol. The molecule has 0 radical (unpaired) electrons. The Morgan fingerprint density at radius 3 is 2.75 bits per heavy atom. The van der Waals surface area contributed by atoms with Crippen LogP contribution >= 0.6 is 11.8 Å². The molecule has 0 bridgehead atoms. The number of pyridine rings is 1. The Morgan fingerprint density at radius 1 is 1.25 bits per heavy atom. The summed E-state index contributed by atoms with van der Waals surface area (Å²) >= 11 is 1.69. The van der Waals surface area contributed by atoms with Crippen LogP contribution in [0.2, 0.25) is 0 Å². The molecule has 0 atom stereocenters. The molecule has 1 N–H and O–H groups in total. The van der Waals surface area contributed by atoms with Gasteiger partial charge in [-0.1, -0.05) is 6.08 Å². The van der Waals surface area contributed by atoms with Crippen LogP contribution in [0.3, 0.4) is 0 Å². The average Bonchev–Trinajstić information content (AvgIpc) is 3.13. The topological polar surface area (TPSA) is 50.2 Å². The highest BCUT2D eigenvalue weighted by Gasteiger charge is 2.20. The van der Waals surface area contributed by atoms with Gasteiger partial charge in [0, 0.05) is 53.6 Å². The second-order valence-electron chi connectivity index (χ2n) is 6.79. The molecule has 2 amide bonds. The van der Waals surface area contributed by atoms with Crippen molar-refractivity contribution in [3.05, 3.63) is 60.4 Å². The summed E-state index contributed by atoms with van der Waals surface area (Å²) in [4.78, 5) is 20.2. The molecule has 4 rings (SSSR count). The van der Waals surface area contributed by atoms with Crippen LogP contribution in [0.5, 0.6) is 0 Å². The van der Waals surface area contributed by atoms with E-state index >= 15 is 0 Å². The first-order chi connectivity index (χ1) is 13.7. The van der Waals surface area contributed by atoms with Crippen LogP contribution in [0.15, 0.2) is 59.8 Å². The molecule has 1 aliphatic heterocycles. The molecule has 0 spiro atoms. The molecule has 0 saturated heterocycles. The van der Waals surface area contributed by atoms with Crippen LogP contribution < -0.4 is 5.32 Å². The summed E-state index contributed by atoms with van der Waals surface area (Å²) in [5.74, 6) is 0. The van der Waals surface area contributed by atoms with E-state index in [1.54, 1.807) is 11.8 Å². The third-order valence-corrected chi connectivity index (χ3v) is 5.90. The third kappa shape index (κ3) is 3.64. The van der Waals surface area contributed by atoms with Gasteiger partial charge in [0.05, 0.1) is 0 Å². The molecule has 0 aliphatic carbocycles. The van der Waals surface area contributed by atoms with Crippen molar-refractivity contribution in [2.24, 2.45) is 0 Å². The summed E-state index contributed by atoms with van der Waals surface area (Å²) in [6, 6.07) is 12.0. The van der Waals surface area contributed by atoms with Crippen LogP contribution in [0.1, 0.15) is 18.9 Å². The van der Waals surface area contributed by atoms with Gasteiger partial charge in [0.1, 0.15) is 5.65 Å². The second kappa shape index (κ2) is 8.10. The summed E-state index contributed by atoms with van der Waals surface area (Å²) in [7, 11) is 0. The summed E-state index contributed by atoms with van der Waals surface area (Å²) < 4.78 is 2.18. The van der Waals surface area contributed by atoms with E-state index in [4.69, 9.17) is 0 Å². The number of nitrogens with one attached hydrogen (secondary N) is 1. The molecule has 1 aliphatic rings. The highest BCUT2D eigenvalue weighted by Crippen LogP contribution is 2.30. The fourth-order valence-corrected chi connectivity index (χ4v) is 4.00. The van der Waals surface area contributed by atoms with Gasteiger partial charge in [-0.25, -0.2) is 9.78 Å². The molecular weight excluding hydrogens is 368 g/mol. The lowest BCUT2D eigenvalue weighted by Gasteiger charge is -2.26. The number of hydrogen-bond acceptors (Lipinski definition) is 3. The van der Waals surface area contributed by atoms with Gasteiger partial charge in [-0.05, 0) is 61.6 Å². The molecular formula is C22H24N4OS. The van der Waals surface area contributed by atoms with Crippen molar-refractivity contribution < 1.29 is 4.79 Å². The van der Waals surface area contributed by atoms with Gasteiger partial charge in [0.25, 0.3) is 0 Å². The van der Waals surface area contributed by atoms with E-state index in [1.807, 2.05) is 47.7 Å². The Kier molecular flexibility index (Phi) is 5.39. The van der Waals surface area contributed by atoms with Crippen LogP contribution in [-0.2, 0) is 6.54 Å². The maximum absolute atomic E-state index is 12.6. The van der Waals surface area contributed by atoms with Crippen molar-refractivity contribution in [3.8, 4) is 0 Å². The molecule has 0 saturated carbocycles. The number of carbonyl (C=O) groups excluding carboxylic acids is 1. The number of carbonyl (C=O) groups is 1. The van der Waals surface area contributed by atoms with Crippen molar-refractivity contribution in [1.82, 2.24) is 14.5 Å². The number of rotatable bonds is 4. The Hall–Kier alpha value is -2.73. The fraction of sp³-hybridized carbons (Fsp3) is 0.273. The van der Waals surface area contributed by atoms with E-state index in [-0.39, 0.29) is 6.03 Å². The molecule has 0 fully saturated rings. The number of nitrogens with zero attached hydrogens (tertiary/aromatic N) is 3. The van der Waals surface area contributed by atoms with Gasteiger partial charge >= 0.3 is 6.03 Å². The Bertz CT molecular complexity index is 1020. The quantitative estimate of drug-likeness (QED) is 0.629. The molecule has 5 nitrogen and oxygen atoms in total. The minimum Gasteiger partial charge on any atom is -0.332 e. The third-order valence-electron chi connectivity index (χ3n) is 5.16. The second-order valence-corrected chi connectivity index (χ2v) is 7.67. The van der Waals surface area contributed by atoms with Crippen molar-refractivity contribution in [3.63, 3.8) is 0 Å². The van der Waals surface area contributed by atoms with E-state index in [0.29, 0.717) is 13.1 Å². The number of anilines is 1. The molecule has 0 unspecified atom stereocenters. The lowest BCUT2D eigenvalue weighted by Crippen LogP contribution is -2.37. The minimum absolute atomic E-state index is 0.0511. The molecule has 3 heterocycles. The van der Waals surface area contributed by atoms with Crippen molar-refractivity contribution in [2.75, 3.05) is 24.7 Å². The summed E-state index contributed by atoms with van der Waals surface area (Å²) in [6.45, 7) is 4.35. The number of amides is 2. The van der Waals surface area contributed by atoms with Gasteiger partial charge in [-0.15, -0.1) is 11.8 Å². The van der Waals surface area contributed by atoms with E-state index in [1.165, 1.54) is 21.4 Å². The molecule has 3 aromatic rings. The van der Waals surface area contributed by atoms with Crippen LogP contribution in [0, 0.1) is 0 Å². The first kappa shape index (κ1) is 18.6. The largest absolute Gasteiger partial charge is 0.332 e. The normalized spacial score (nSPS) is 14.2. The van der Waals surface area contributed by atoms with E-state index < -0.39 is 0 Å². The molecule has 2 aromatic heterocycles. The first-order valence-electron chi connectivity index (χ1n) is 9.53. The summed E-state index contributed by atoms with van der Waals surface area (Å²) in [5.41, 5.74) is 4.38. The Morgan fingerprint density at radius 2 is 2.07 bits per heavy atom. The predicted molar refractivity (Wildman–Crippen MR) is 117 cm³/mol. The zero-order valence-corrected chi connectivity index (χ0v) is 17.0. The van der Waals surface area contributed by atoms with Gasteiger partial charge in [-0.2, -0.15) is 0 Å². The zero-order chi connectivity index (χ0) is 19.5. The van der Waals surface area contributed by atoms with E-state index in [9.17, 15) is 4.79 Å². The smallest absolute Gasteiger partial charge is 0.322 e. The van der Waals surface area contributed by atoms with Gasteiger partial charge in [0.15, 0.2) is 0 Å². The van der Waals surface area contributed by atoms with E-state index in [0.717, 1.165) is 24.3 Å². The number of urea groups is 1. The Balaban J connectivity index is 1.48. The molecule has 1 aromatic carbocycles. The number of hydrogen-bond donors (Lipinski definition) is 1. The standard InChI is InChI=1S/C22H24N4OS/c1-3-25-15-20(19-5-4-12-23-21(19)25)16-10-13-26(14-11-16)22(27)24-17-6-8-18(28-2)9-7-17/h4-10,12,15H,3,11,13-14H2,1-2H3,(H,24,27). The van der Waals surface area contributed by atoms with Crippen molar-refractivity contribution >= 4 is 40.1 Å². The highest BCUT2D eigenvalue weighted by atomic mass is 32.2. The highest BCUT2D eigenvalue weighted by molar-refractivity contribution is 7.98. The summed E-state index contributed by atoms with van der Waals surface area (Å²) in [6.07, 6.45) is 9.08. The van der Waals surface area contributed by atoms with Gasteiger partial charge < -0.3 is 14.8 Å². The van der Waals surface area contributed by atoms with Gasteiger partial charge in [0.2, 0.25) is 0 Å². The SMILES string of the molecule is CCn1cc(C2=CCN(C(=O)Nc3ccc(SC)cc3)CC2)c2cccnc21. The molecule has 6 heteroatoms. The van der Waals surface area contributed by atoms with Crippen molar-refractivity contribution in [1.29, 1.82) is 0 Å². The molecule has 144 valence electrons. The maximum atomic E-state index is 12.6. The van der Waals surface area contributed by atoms with Gasteiger partial charge in [-0.3, -0.25) is 0 Å². The molecule has 28 heavy (non-hydrogen) atoms. The lowest BCUT2D eigenvalue weighted by molar-refractivity contribution is 0.217. The first-order valence-corrected chi connectivity index (χ1v) is 10.8. The number of aromatic nitrogens is 2. The number of thioether (sulfide) groups is 1. The lowest BCUT2D eigenvalue weighted by atomic mass is 10.00. The number of benzene rings is 1. The van der Waals surface area contributed by atoms with Crippen LogP contribution in [0.4, 0.5) is 10.5 Å². The minimum atomic E-state index is -0.0511. The summed E-state index contributed by atoms with van der Waals surface area (Å²) in [5, 5.41) is 4.18. The number of fused-ring (bicyclic) bond motifs is 1. The van der Waals surface area contributed by atoms with E-state index in [2.05, 4.69) is 40.1 Å². The predicted octanol–water partition coefficient (Wildman–Crippen LogP) is 5.10.